The minimum Gasteiger partial charge on any atom is -0.326 e. The SMILES string of the molecule is CCN(C(C)C)S(=O)(=O)c1cc(CN)sc1Br. The van der Waals surface area contributed by atoms with Crippen molar-refractivity contribution in [3.63, 3.8) is 0 Å². The van der Waals surface area contributed by atoms with Gasteiger partial charge in [0.15, 0.2) is 0 Å². The van der Waals surface area contributed by atoms with Gasteiger partial charge in [0, 0.05) is 24.0 Å². The van der Waals surface area contributed by atoms with Gasteiger partial charge in [-0.1, -0.05) is 6.92 Å². The third kappa shape index (κ3) is 3.08. The molecule has 0 aliphatic heterocycles. The maximum Gasteiger partial charge on any atom is 0.245 e. The van der Waals surface area contributed by atoms with Crippen molar-refractivity contribution in [2.24, 2.45) is 5.73 Å². The molecule has 0 fully saturated rings. The Morgan fingerprint density at radius 1 is 1.53 bits per heavy atom. The smallest absolute Gasteiger partial charge is 0.245 e. The molecule has 0 radical (unpaired) electrons. The number of sulfonamides is 1. The summed E-state index contributed by atoms with van der Waals surface area (Å²) in [6, 6.07) is 1.59. The lowest BCUT2D eigenvalue weighted by Gasteiger charge is -2.23. The molecule has 2 N–H and O–H groups in total. The first-order valence-electron chi connectivity index (χ1n) is 5.34. The topological polar surface area (TPSA) is 63.4 Å². The molecule has 0 bridgehead atoms. The van der Waals surface area contributed by atoms with Crippen LogP contribution >= 0.6 is 27.3 Å². The molecule has 1 heterocycles. The van der Waals surface area contributed by atoms with Crippen molar-refractivity contribution >= 4 is 37.3 Å². The van der Waals surface area contributed by atoms with Crippen LogP contribution in [-0.2, 0) is 16.6 Å². The van der Waals surface area contributed by atoms with Crippen LogP contribution in [0, 0.1) is 0 Å². The van der Waals surface area contributed by atoms with Gasteiger partial charge < -0.3 is 5.73 Å². The van der Waals surface area contributed by atoms with Gasteiger partial charge in [-0.15, -0.1) is 11.3 Å². The summed E-state index contributed by atoms with van der Waals surface area (Å²) >= 11 is 4.66. The third-order valence-corrected chi connectivity index (χ3v) is 6.81. The van der Waals surface area contributed by atoms with Crippen LogP contribution in [0.15, 0.2) is 14.7 Å². The zero-order chi connectivity index (χ0) is 13.2. The van der Waals surface area contributed by atoms with Crippen LogP contribution in [-0.4, -0.2) is 25.3 Å². The lowest BCUT2D eigenvalue weighted by atomic mass is 10.4. The summed E-state index contributed by atoms with van der Waals surface area (Å²) in [7, 11) is -3.43. The number of nitrogens with zero attached hydrogens (tertiary/aromatic N) is 1. The van der Waals surface area contributed by atoms with Gasteiger partial charge in [-0.05, 0) is 35.8 Å². The van der Waals surface area contributed by atoms with Gasteiger partial charge in [0.2, 0.25) is 10.0 Å². The van der Waals surface area contributed by atoms with E-state index in [1.165, 1.54) is 15.6 Å². The molecule has 0 aliphatic carbocycles. The van der Waals surface area contributed by atoms with E-state index in [0.717, 1.165) is 4.88 Å². The molecule has 1 rings (SSSR count). The van der Waals surface area contributed by atoms with E-state index in [-0.39, 0.29) is 6.04 Å². The molecule has 0 saturated carbocycles. The van der Waals surface area contributed by atoms with Crippen molar-refractivity contribution in [3.8, 4) is 0 Å². The maximum absolute atomic E-state index is 12.4. The molecule has 0 aliphatic rings. The summed E-state index contributed by atoms with van der Waals surface area (Å²) in [6.07, 6.45) is 0. The van der Waals surface area contributed by atoms with Crippen molar-refractivity contribution in [2.45, 2.75) is 38.3 Å². The molecule has 0 amide bonds. The van der Waals surface area contributed by atoms with Gasteiger partial charge in [-0.3, -0.25) is 0 Å². The molecular formula is C10H17BrN2O2S2. The number of hydrogen-bond acceptors (Lipinski definition) is 4. The summed E-state index contributed by atoms with van der Waals surface area (Å²) in [4.78, 5) is 1.17. The van der Waals surface area contributed by atoms with Crippen molar-refractivity contribution in [1.29, 1.82) is 0 Å². The molecular weight excluding hydrogens is 324 g/mol. The molecule has 17 heavy (non-hydrogen) atoms. The van der Waals surface area contributed by atoms with E-state index < -0.39 is 10.0 Å². The first kappa shape index (κ1) is 15.1. The first-order chi connectivity index (χ1) is 7.84. The first-order valence-corrected chi connectivity index (χ1v) is 8.39. The summed E-state index contributed by atoms with van der Waals surface area (Å²) in [5.41, 5.74) is 5.52. The van der Waals surface area contributed by atoms with Crippen LogP contribution in [0.1, 0.15) is 25.6 Å². The molecule has 7 heteroatoms. The van der Waals surface area contributed by atoms with Crippen molar-refractivity contribution in [2.75, 3.05) is 6.54 Å². The Labute approximate surface area is 115 Å². The van der Waals surface area contributed by atoms with Crippen LogP contribution in [0.2, 0.25) is 0 Å². The van der Waals surface area contributed by atoms with E-state index >= 15 is 0 Å². The largest absolute Gasteiger partial charge is 0.326 e. The quantitative estimate of drug-likeness (QED) is 0.894. The van der Waals surface area contributed by atoms with Gasteiger partial charge in [-0.2, -0.15) is 4.31 Å². The number of rotatable bonds is 5. The van der Waals surface area contributed by atoms with E-state index in [2.05, 4.69) is 15.9 Å². The van der Waals surface area contributed by atoms with Crippen molar-refractivity contribution < 1.29 is 8.42 Å². The van der Waals surface area contributed by atoms with E-state index in [9.17, 15) is 8.42 Å². The van der Waals surface area contributed by atoms with E-state index in [0.29, 0.717) is 21.8 Å². The molecule has 4 nitrogen and oxygen atoms in total. The van der Waals surface area contributed by atoms with Gasteiger partial charge in [-0.25, -0.2) is 8.42 Å². The van der Waals surface area contributed by atoms with Crippen LogP contribution in [0.5, 0.6) is 0 Å². The number of halogens is 1. The summed E-state index contributed by atoms with van der Waals surface area (Å²) < 4.78 is 26.9. The zero-order valence-electron chi connectivity index (χ0n) is 10.1. The lowest BCUT2D eigenvalue weighted by Crippen LogP contribution is -2.36. The van der Waals surface area contributed by atoms with Gasteiger partial charge in [0.25, 0.3) is 0 Å². The normalized spacial score (nSPS) is 12.6. The fourth-order valence-electron chi connectivity index (χ4n) is 1.61. The average Bonchev–Trinajstić information content (AvgIpc) is 2.60. The molecule has 0 saturated heterocycles. The number of hydrogen-bond donors (Lipinski definition) is 1. The van der Waals surface area contributed by atoms with Crippen LogP contribution in [0.4, 0.5) is 0 Å². The Balaban J connectivity index is 3.24. The molecule has 0 aromatic carbocycles. The second-order valence-electron chi connectivity index (χ2n) is 3.86. The Hall–Kier alpha value is 0.0500. The second-order valence-corrected chi connectivity index (χ2v) is 8.17. The fraction of sp³-hybridized carbons (Fsp3) is 0.600. The Bertz CT molecular complexity index is 482. The molecule has 0 unspecified atom stereocenters. The van der Waals surface area contributed by atoms with Crippen molar-refractivity contribution in [3.05, 3.63) is 14.7 Å². The second kappa shape index (κ2) is 5.79. The highest BCUT2D eigenvalue weighted by Crippen LogP contribution is 2.33. The average molecular weight is 341 g/mol. The number of thiophene rings is 1. The highest BCUT2D eigenvalue weighted by atomic mass is 79.9. The molecule has 0 spiro atoms. The standard InChI is InChI=1S/C10H17BrN2O2S2/c1-4-13(7(2)3)17(14,15)9-5-8(6-12)16-10(9)11/h5,7H,4,6,12H2,1-3H3. The minimum atomic E-state index is -3.43. The summed E-state index contributed by atoms with van der Waals surface area (Å²) in [5.74, 6) is 0. The molecule has 0 atom stereocenters. The highest BCUT2D eigenvalue weighted by Gasteiger charge is 2.28. The Morgan fingerprint density at radius 3 is 2.47 bits per heavy atom. The van der Waals surface area contributed by atoms with Gasteiger partial charge in [0.05, 0.1) is 3.79 Å². The summed E-state index contributed by atoms with van der Waals surface area (Å²) in [5, 5.41) is 0. The highest BCUT2D eigenvalue weighted by molar-refractivity contribution is 9.11. The monoisotopic (exact) mass is 340 g/mol. The third-order valence-electron chi connectivity index (χ3n) is 2.38. The minimum absolute atomic E-state index is 0.0573. The lowest BCUT2D eigenvalue weighted by molar-refractivity contribution is 0.369. The Morgan fingerprint density at radius 2 is 2.12 bits per heavy atom. The molecule has 1 aromatic heterocycles. The maximum atomic E-state index is 12.4. The number of nitrogens with two attached hydrogens (primary N) is 1. The van der Waals surface area contributed by atoms with Crippen LogP contribution in [0.3, 0.4) is 0 Å². The van der Waals surface area contributed by atoms with Crippen molar-refractivity contribution in [1.82, 2.24) is 4.31 Å². The Kier molecular flexibility index (Phi) is 5.15. The summed E-state index contributed by atoms with van der Waals surface area (Å²) in [6.45, 7) is 6.38. The van der Waals surface area contributed by atoms with E-state index in [1.807, 2.05) is 20.8 Å². The van der Waals surface area contributed by atoms with Crippen LogP contribution in [0.25, 0.3) is 0 Å². The van der Waals surface area contributed by atoms with E-state index in [1.54, 1.807) is 6.07 Å². The molecule has 1 aromatic rings. The van der Waals surface area contributed by atoms with Crippen LogP contribution < -0.4 is 5.73 Å². The zero-order valence-corrected chi connectivity index (χ0v) is 13.3. The predicted molar refractivity (Wildman–Crippen MR) is 74.6 cm³/mol. The fourth-order valence-corrected chi connectivity index (χ4v) is 5.77. The molecule has 98 valence electrons. The predicted octanol–water partition coefficient (Wildman–Crippen LogP) is 2.39. The van der Waals surface area contributed by atoms with Gasteiger partial charge >= 0.3 is 0 Å². The van der Waals surface area contributed by atoms with E-state index in [4.69, 9.17) is 5.73 Å². The van der Waals surface area contributed by atoms with Gasteiger partial charge in [0.1, 0.15) is 4.90 Å².